The van der Waals surface area contributed by atoms with Gasteiger partial charge in [-0.2, -0.15) is 26.3 Å². The molecule has 0 saturated carbocycles. The number of amides is 2. The number of halogens is 6. The third-order valence-electron chi connectivity index (χ3n) is 7.62. The second kappa shape index (κ2) is 12.6. The molecule has 1 atom stereocenters. The lowest BCUT2D eigenvalue weighted by atomic mass is 9.98. The van der Waals surface area contributed by atoms with Crippen molar-refractivity contribution in [3.05, 3.63) is 105 Å². The van der Waals surface area contributed by atoms with Gasteiger partial charge >= 0.3 is 12.4 Å². The smallest absolute Gasteiger partial charge is 0.350 e. The van der Waals surface area contributed by atoms with Crippen molar-refractivity contribution in [1.29, 1.82) is 0 Å². The topological polar surface area (TPSA) is 97.5 Å². The van der Waals surface area contributed by atoms with Gasteiger partial charge in [-0.05, 0) is 55.7 Å². The Morgan fingerprint density at radius 1 is 0.978 bits per heavy atom. The first-order valence-electron chi connectivity index (χ1n) is 13.6. The third kappa shape index (κ3) is 7.44. The first kappa shape index (κ1) is 33.0. The van der Waals surface area contributed by atoms with E-state index in [1.807, 2.05) is 22.8 Å². The van der Waals surface area contributed by atoms with Crippen LogP contribution in [0.1, 0.15) is 45.5 Å². The molecule has 0 radical (unpaired) electrons. The van der Waals surface area contributed by atoms with Gasteiger partial charge in [-0.15, -0.1) is 0 Å². The van der Waals surface area contributed by atoms with E-state index < -0.39 is 51.8 Å². The van der Waals surface area contributed by atoms with Crippen LogP contribution in [0.25, 0.3) is 10.9 Å². The Balaban J connectivity index is 1.66. The monoisotopic (exact) mass is 634 g/mol. The first-order chi connectivity index (χ1) is 21.0. The summed E-state index contributed by atoms with van der Waals surface area (Å²) in [7, 11) is 3.06. The summed E-state index contributed by atoms with van der Waals surface area (Å²) in [5, 5.41) is 14.7. The molecule has 1 N–H and O–H groups in total. The molecule has 4 rings (SSSR count). The Kier molecular flexibility index (Phi) is 9.26. The first-order valence-corrected chi connectivity index (χ1v) is 13.6. The molecule has 2 amide bonds. The molecule has 1 unspecified atom stereocenters. The molecule has 0 aliphatic carbocycles. The summed E-state index contributed by atoms with van der Waals surface area (Å²) in [6.07, 6.45) is -8.60. The van der Waals surface area contributed by atoms with Crippen LogP contribution >= 0.6 is 0 Å². The highest BCUT2D eigenvalue weighted by Gasteiger charge is 2.38. The second-order valence-corrected chi connectivity index (χ2v) is 10.6. The van der Waals surface area contributed by atoms with Gasteiger partial charge in [0.1, 0.15) is 0 Å². The number of carbonyl (C=O) groups is 2. The number of nitro groups is 1. The average Bonchev–Trinajstić information content (AvgIpc) is 3.29. The quantitative estimate of drug-likeness (QED) is 0.117. The van der Waals surface area contributed by atoms with Crippen molar-refractivity contribution in [2.45, 2.75) is 44.6 Å². The maximum absolute atomic E-state index is 13.5. The molecular weight excluding hydrogens is 606 g/mol. The van der Waals surface area contributed by atoms with Gasteiger partial charge in [0, 0.05) is 55.3 Å². The number of hydrogen-bond acceptors (Lipinski definition) is 4. The third-order valence-corrected chi connectivity index (χ3v) is 7.62. The van der Waals surface area contributed by atoms with Gasteiger partial charge in [0.2, 0.25) is 5.91 Å². The van der Waals surface area contributed by atoms with Crippen LogP contribution in [0.5, 0.6) is 0 Å². The molecule has 1 aromatic heterocycles. The number of nitro benzene ring substituents is 1. The number of nitrogens with zero attached hydrogens (tertiary/aromatic N) is 3. The highest BCUT2D eigenvalue weighted by molar-refractivity contribution is 5.95. The van der Waals surface area contributed by atoms with Gasteiger partial charge in [0.25, 0.3) is 11.6 Å². The summed E-state index contributed by atoms with van der Waals surface area (Å²) in [6.45, 7) is 1.47. The molecular formula is C31H28F6N4O4. The number of fused-ring (bicyclic) bond motifs is 1. The summed E-state index contributed by atoms with van der Waals surface area (Å²) < 4.78 is 82.9. The highest BCUT2D eigenvalue weighted by Crippen LogP contribution is 2.37. The Labute approximate surface area is 253 Å². The van der Waals surface area contributed by atoms with Crippen LogP contribution in [0, 0.1) is 17.0 Å². The van der Waals surface area contributed by atoms with Gasteiger partial charge in [0.05, 0.1) is 27.3 Å². The van der Waals surface area contributed by atoms with Crippen molar-refractivity contribution >= 4 is 34.1 Å². The molecule has 8 nitrogen and oxygen atoms in total. The van der Waals surface area contributed by atoms with Crippen LogP contribution < -0.4 is 5.32 Å². The Morgan fingerprint density at radius 2 is 1.60 bits per heavy atom. The summed E-state index contributed by atoms with van der Waals surface area (Å²) in [5.74, 6) is -1.65. The summed E-state index contributed by atoms with van der Waals surface area (Å²) in [6, 6.07) is 11.3. The number of benzene rings is 3. The van der Waals surface area contributed by atoms with Gasteiger partial charge in [-0.3, -0.25) is 19.7 Å². The molecule has 0 saturated heterocycles. The number of rotatable bonds is 9. The fraction of sp³-hybridized carbons (Fsp3) is 0.290. The zero-order valence-corrected chi connectivity index (χ0v) is 24.3. The fourth-order valence-electron chi connectivity index (χ4n) is 5.19. The molecule has 4 aromatic rings. The lowest BCUT2D eigenvalue weighted by Crippen LogP contribution is -2.39. The van der Waals surface area contributed by atoms with Crippen molar-refractivity contribution in [3.8, 4) is 0 Å². The van der Waals surface area contributed by atoms with Crippen molar-refractivity contribution in [2.75, 3.05) is 12.4 Å². The van der Waals surface area contributed by atoms with E-state index in [0.29, 0.717) is 12.1 Å². The molecule has 0 spiro atoms. The molecule has 238 valence electrons. The predicted molar refractivity (Wildman–Crippen MR) is 155 cm³/mol. The standard InChI is InChI=1S/C31H28F6N4O4/c1-18-25(8-6-10-26(18)41(44)45)38-28(42)12-11-23(15-20-17-39(2)27-9-5-4-7-24(20)27)40(3)29(43)19-13-21(30(32,33)34)16-22(14-19)31(35,36)37/h4-10,13-14,16-17,23H,11-12,15H2,1-3H3,(H,38,42). The number of aromatic nitrogens is 1. The van der Waals surface area contributed by atoms with E-state index >= 15 is 0 Å². The number of alkyl halides is 6. The zero-order valence-electron chi connectivity index (χ0n) is 24.3. The minimum atomic E-state index is -5.14. The maximum Gasteiger partial charge on any atom is 0.416 e. The van der Waals surface area contributed by atoms with E-state index in [4.69, 9.17) is 0 Å². The fourth-order valence-corrected chi connectivity index (χ4v) is 5.19. The molecule has 0 aliphatic heterocycles. The minimum absolute atomic E-state index is 0.0314. The summed E-state index contributed by atoms with van der Waals surface area (Å²) in [5.41, 5.74) is -2.23. The lowest BCUT2D eigenvalue weighted by molar-refractivity contribution is -0.385. The molecule has 14 heteroatoms. The Hall–Kier alpha value is -4.88. The number of para-hydroxylation sites is 1. The number of carbonyl (C=O) groups excluding carboxylic acids is 2. The number of likely N-dealkylation sites (N-methyl/N-ethyl adjacent to an activating group) is 1. The SMILES string of the molecule is Cc1c(NC(=O)CCC(Cc2cn(C)c3ccccc23)N(C)C(=O)c2cc(C(F)(F)F)cc(C(F)(F)F)c2)cccc1[N+](=O)[O-]. The maximum atomic E-state index is 13.5. The Morgan fingerprint density at radius 3 is 2.20 bits per heavy atom. The summed E-state index contributed by atoms with van der Waals surface area (Å²) >= 11 is 0. The average molecular weight is 635 g/mol. The lowest BCUT2D eigenvalue weighted by Gasteiger charge is -2.29. The van der Waals surface area contributed by atoms with Crippen molar-refractivity contribution in [3.63, 3.8) is 0 Å². The van der Waals surface area contributed by atoms with Crippen molar-refractivity contribution in [2.24, 2.45) is 7.05 Å². The molecule has 0 bridgehead atoms. The van der Waals surface area contributed by atoms with Gasteiger partial charge < -0.3 is 14.8 Å². The van der Waals surface area contributed by atoms with Crippen molar-refractivity contribution < 1.29 is 40.9 Å². The van der Waals surface area contributed by atoms with Gasteiger partial charge in [0.15, 0.2) is 0 Å². The number of anilines is 1. The largest absolute Gasteiger partial charge is 0.416 e. The number of aryl methyl sites for hydroxylation is 1. The minimum Gasteiger partial charge on any atom is -0.350 e. The van der Waals surface area contributed by atoms with Crippen LogP contribution in [-0.4, -0.2) is 39.3 Å². The number of nitrogens with one attached hydrogen (secondary N) is 1. The molecule has 0 fully saturated rings. The zero-order chi connectivity index (χ0) is 33.3. The van der Waals surface area contributed by atoms with E-state index in [0.717, 1.165) is 21.4 Å². The summed E-state index contributed by atoms with van der Waals surface area (Å²) in [4.78, 5) is 38.2. The van der Waals surface area contributed by atoms with Crippen LogP contribution in [0.3, 0.4) is 0 Å². The predicted octanol–water partition coefficient (Wildman–Crippen LogP) is 7.53. The van der Waals surface area contributed by atoms with E-state index in [-0.39, 0.29) is 42.3 Å². The van der Waals surface area contributed by atoms with E-state index in [1.165, 1.54) is 32.2 Å². The van der Waals surface area contributed by atoms with Gasteiger partial charge in [-0.1, -0.05) is 24.3 Å². The highest BCUT2D eigenvalue weighted by atomic mass is 19.4. The van der Waals surface area contributed by atoms with E-state index in [2.05, 4.69) is 5.32 Å². The van der Waals surface area contributed by atoms with E-state index in [1.54, 1.807) is 19.3 Å². The van der Waals surface area contributed by atoms with Crippen LogP contribution in [0.15, 0.2) is 66.9 Å². The molecule has 45 heavy (non-hydrogen) atoms. The van der Waals surface area contributed by atoms with E-state index in [9.17, 15) is 46.0 Å². The molecule has 3 aromatic carbocycles. The molecule has 0 aliphatic rings. The van der Waals surface area contributed by atoms with Crippen LogP contribution in [-0.2, 0) is 30.6 Å². The van der Waals surface area contributed by atoms with Crippen LogP contribution in [0.4, 0.5) is 37.7 Å². The normalized spacial score (nSPS) is 12.6. The van der Waals surface area contributed by atoms with Crippen LogP contribution in [0.2, 0.25) is 0 Å². The number of hydrogen-bond donors (Lipinski definition) is 1. The molecule has 1 heterocycles. The van der Waals surface area contributed by atoms with Crippen molar-refractivity contribution in [1.82, 2.24) is 9.47 Å². The van der Waals surface area contributed by atoms with Gasteiger partial charge in [-0.25, -0.2) is 0 Å². The second-order valence-electron chi connectivity index (χ2n) is 10.6. The Bertz CT molecular complexity index is 1730.